The summed E-state index contributed by atoms with van der Waals surface area (Å²) in [6.07, 6.45) is 0.515. The molecule has 1 rings (SSSR count). The molecule has 0 aromatic heterocycles. The van der Waals surface area contributed by atoms with Crippen LogP contribution in [0.2, 0.25) is 0 Å². The van der Waals surface area contributed by atoms with Gasteiger partial charge in [0.05, 0.1) is 11.5 Å². The second-order valence-electron chi connectivity index (χ2n) is 3.18. The molecular weight excluding hydrogens is 212 g/mol. The first-order valence-electron chi connectivity index (χ1n) is 4.90. The first-order chi connectivity index (χ1) is 7.69. The smallest absolute Gasteiger partial charge is 0.270 e. The van der Waals surface area contributed by atoms with Crippen molar-refractivity contribution in [1.29, 1.82) is 0 Å². The fourth-order valence-electron chi connectivity index (χ4n) is 1.23. The molecule has 1 aromatic rings. The van der Waals surface area contributed by atoms with Gasteiger partial charge in [0.2, 0.25) is 0 Å². The standard InChI is InChI=1S/C10H14N2O4/c11-7-8-6-9(12(14)15)2-3-10(8)16-5-1-4-13/h2-3,6,13H,1,4-5,7,11H2. The third-order valence-electron chi connectivity index (χ3n) is 2.03. The summed E-state index contributed by atoms with van der Waals surface area (Å²) in [5.41, 5.74) is 6.06. The second-order valence-corrected chi connectivity index (χ2v) is 3.18. The molecule has 6 heteroatoms. The summed E-state index contributed by atoms with van der Waals surface area (Å²) in [5, 5.41) is 19.1. The van der Waals surface area contributed by atoms with Crippen LogP contribution in [0.4, 0.5) is 5.69 Å². The monoisotopic (exact) mass is 226 g/mol. The highest BCUT2D eigenvalue weighted by molar-refractivity contribution is 5.43. The molecule has 1 aromatic carbocycles. The zero-order chi connectivity index (χ0) is 12.0. The Hall–Kier alpha value is -1.66. The van der Waals surface area contributed by atoms with E-state index in [-0.39, 0.29) is 18.8 Å². The van der Waals surface area contributed by atoms with Crippen LogP contribution in [-0.4, -0.2) is 23.2 Å². The van der Waals surface area contributed by atoms with Crippen molar-refractivity contribution >= 4 is 5.69 Å². The van der Waals surface area contributed by atoms with Gasteiger partial charge >= 0.3 is 0 Å². The molecule has 0 radical (unpaired) electrons. The van der Waals surface area contributed by atoms with Crippen molar-refractivity contribution in [3.8, 4) is 5.75 Å². The van der Waals surface area contributed by atoms with Crippen LogP contribution >= 0.6 is 0 Å². The molecule has 0 amide bonds. The number of nitro groups is 1. The van der Waals surface area contributed by atoms with Crippen molar-refractivity contribution < 1.29 is 14.8 Å². The highest BCUT2D eigenvalue weighted by Crippen LogP contribution is 2.23. The first kappa shape index (κ1) is 12.4. The summed E-state index contributed by atoms with van der Waals surface area (Å²) >= 11 is 0. The normalized spacial score (nSPS) is 10.1. The highest BCUT2D eigenvalue weighted by atomic mass is 16.6. The number of hydrogen-bond donors (Lipinski definition) is 2. The molecule has 0 spiro atoms. The molecule has 0 aliphatic rings. The maximum atomic E-state index is 10.5. The van der Waals surface area contributed by atoms with Gasteiger partial charge in [0.1, 0.15) is 5.75 Å². The summed E-state index contributed by atoms with van der Waals surface area (Å²) in [6, 6.07) is 4.29. The molecule has 88 valence electrons. The van der Waals surface area contributed by atoms with Crippen molar-refractivity contribution in [2.45, 2.75) is 13.0 Å². The van der Waals surface area contributed by atoms with Gasteiger partial charge < -0.3 is 15.6 Å². The van der Waals surface area contributed by atoms with Gasteiger partial charge in [-0.1, -0.05) is 0 Å². The number of ether oxygens (including phenoxy) is 1. The first-order valence-corrected chi connectivity index (χ1v) is 4.90. The molecule has 16 heavy (non-hydrogen) atoms. The zero-order valence-corrected chi connectivity index (χ0v) is 8.76. The largest absolute Gasteiger partial charge is 0.493 e. The minimum Gasteiger partial charge on any atom is -0.493 e. The van der Waals surface area contributed by atoms with Crippen LogP contribution in [0.1, 0.15) is 12.0 Å². The number of benzene rings is 1. The van der Waals surface area contributed by atoms with Gasteiger partial charge in [-0.15, -0.1) is 0 Å². The number of rotatable bonds is 6. The summed E-state index contributed by atoms with van der Waals surface area (Å²) in [4.78, 5) is 10.1. The van der Waals surface area contributed by atoms with E-state index in [1.165, 1.54) is 18.2 Å². The lowest BCUT2D eigenvalue weighted by atomic mass is 10.2. The molecule has 0 saturated carbocycles. The average molecular weight is 226 g/mol. The Kier molecular flexibility index (Phi) is 4.68. The second kappa shape index (κ2) is 6.04. The molecule has 3 N–H and O–H groups in total. The topological polar surface area (TPSA) is 98.6 Å². The zero-order valence-electron chi connectivity index (χ0n) is 8.76. The van der Waals surface area contributed by atoms with Crippen molar-refractivity contribution in [3.63, 3.8) is 0 Å². The molecule has 0 aliphatic carbocycles. The van der Waals surface area contributed by atoms with E-state index in [2.05, 4.69) is 0 Å². The molecule has 0 atom stereocenters. The molecule has 0 bridgehead atoms. The van der Waals surface area contributed by atoms with E-state index in [1.54, 1.807) is 0 Å². The van der Waals surface area contributed by atoms with Crippen LogP contribution < -0.4 is 10.5 Å². The molecule has 0 fully saturated rings. The maximum Gasteiger partial charge on any atom is 0.270 e. The predicted octanol–water partition coefficient (Wildman–Crippen LogP) is 0.815. The Morgan fingerprint density at radius 1 is 1.50 bits per heavy atom. The van der Waals surface area contributed by atoms with Gasteiger partial charge in [0.25, 0.3) is 5.69 Å². The lowest BCUT2D eigenvalue weighted by Gasteiger charge is -2.09. The average Bonchev–Trinajstić information content (AvgIpc) is 2.29. The van der Waals surface area contributed by atoms with Crippen molar-refractivity contribution in [2.24, 2.45) is 5.73 Å². The van der Waals surface area contributed by atoms with Gasteiger partial charge in [-0.3, -0.25) is 10.1 Å². The van der Waals surface area contributed by atoms with Gasteiger partial charge in [0, 0.05) is 37.3 Å². The molecule has 0 heterocycles. The van der Waals surface area contributed by atoms with Gasteiger partial charge in [-0.2, -0.15) is 0 Å². The highest BCUT2D eigenvalue weighted by Gasteiger charge is 2.10. The van der Waals surface area contributed by atoms with E-state index in [0.717, 1.165) is 0 Å². The number of non-ortho nitro benzene ring substituents is 1. The predicted molar refractivity (Wildman–Crippen MR) is 58.2 cm³/mol. The van der Waals surface area contributed by atoms with E-state index in [9.17, 15) is 10.1 Å². The van der Waals surface area contributed by atoms with E-state index in [0.29, 0.717) is 24.3 Å². The maximum absolute atomic E-state index is 10.5. The number of aliphatic hydroxyl groups is 1. The lowest BCUT2D eigenvalue weighted by molar-refractivity contribution is -0.384. The van der Waals surface area contributed by atoms with Crippen LogP contribution in [0.5, 0.6) is 5.75 Å². The van der Waals surface area contributed by atoms with E-state index >= 15 is 0 Å². The fourth-order valence-corrected chi connectivity index (χ4v) is 1.23. The van der Waals surface area contributed by atoms with E-state index in [1.807, 2.05) is 0 Å². The van der Waals surface area contributed by atoms with Crippen molar-refractivity contribution in [2.75, 3.05) is 13.2 Å². The summed E-state index contributed by atoms with van der Waals surface area (Å²) < 4.78 is 5.34. The van der Waals surface area contributed by atoms with Crippen LogP contribution in [0.15, 0.2) is 18.2 Å². The number of nitrogens with zero attached hydrogens (tertiary/aromatic N) is 1. The van der Waals surface area contributed by atoms with Gasteiger partial charge in [-0.05, 0) is 6.07 Å². The SMILES string of the molecule is NCc1cc([N+](=O)[O-])ccc1OCCCO. The Morgan fingerprint density at radius 2 is 2.25 bits per heavy atom. The van der Waals surface area contributed by atoms with Gasteiger partial charge in [-0.25, -0.2) is 0 Å². The van der Waals surface area contributed by atoms with Gasteiger partial charge in [0.15, 0.2) is 0 Å². The minimum atomic E-state index is -0.476. The number of nitrogens with two attached hydrogens (primary N) is 1. The molecule has 6 nitrogen and oxygen atoms in total. The van der Waals surface area contributed by atoms with Crippen LogP contribution in [-0.2, 0) is 6.54 Å². The summed E-state index contributed by atoms with van der Waals surface area (Å²) in [7, 11) is 0. The third kappa shape index (κ3) is 3.18. The van der Waals surface area contributed by atoms with E-state index in [4.69, 9.17) is 15.6 Å². The Balaban J connectivity index is 2.80. The Labute approximate surface area is 92.8 Å². The summed E-state index contributed by atoms with van der Waals surface area (Å²) in [6.45, 7) is 0.586. The quantitative estimate of drug-likeness (QED) is 0.425. The summed E-state index contributed by atoms with van der Waals surface area (Å²) in [5.74, 6) is 0.529. The Morgan fingerprint density at radius 3 is 2.81 bits per heavy atom. The molecule has 0 aliphatic heterocycles. The lowest BCUT2D eigenvalue weighted by Crippen LogP contribution is -2.05. The van der Waals surface area contributed by atoms with Crippen molar-refractivity contribution in [1.82, 2.24) is 0 Å². The molecule has 0 saturated heterocycles. The molecule has 0 unspecified atom stereocenters. The molecular formula is C10H14N2O4. The van der Waals surface area contributed by atoms with Crippen molar-refractivity contribution in [3.05, 3.63) is 33.9 Å². The van der Waals surface area contributed by atoms with E-state index < -0.39 is 4.92 Å². The number of nitro benzene ring substituents is 1. The van der Waals surface area contributed by atoms with Crippen LogP contribution in [0.3, 0.4) is 0 Å². The third-order valence-corrected chi connectivity index (χ3v) is 2.03. The Bertz CT molecular complexity index is 368. The fraction of sp³-hybridized carbons (Fsp3) is 0.400. The number of aliphatic hydroxyl groups excluding tert-OH is 1. The van der Waals surface area contributed by atoms with Crippen LogP contribution in [0.25, 0.3) is 0 Å². The number of hydrogen-bond acceptors (Lipinski definition) is 5. The minimum absolute atomic E-state index is 0.00467. The van der Waals surface area contributed by atoms with Crippen LogP contribution in [0, 0.1) is 10.1 Å².